The Balaban J connectivity index is 0.000000173. The molecule has 6 unspecified atom stereocenters. The summed E-state index contributed by atoms with van der Waals surface area (Å²) in [6, 6.07) is 6.05. The molecule has 4 fully saturated rings. The van der Waals surface area contributed by atoms with Crippen molar-refractivity contribution in [2.45, 2.75) is 65.0 Å². The van der Waals surface area contributed by atoms with Gasteiger partial charge in [-0.15, -0.1) is 0 Å². The fourth-order valence-electron chi connectivity index (χ4n) is 6.01. The average molecular weight is 518 g/mol. The highest BCUT2D eigenvalue weighted by molar-refractivity contribution is 5.94. The van der Waals surface area contributed by atoms with Crippen molar-refractivity contribution >= 4 is 5.91 Å². The monoisotopic (exact) mass is 517 g/mol. The number of hydroxylamine groups is 2. The van der Waals surface area contributed by atoms with Gasteiger partial charge >= 0.3 is 5.91 Å². The molecule has 3 saturated heterocycles. The Bertz CT molecular complexity index is 955. The summed E-state index contributed by atoms with van der Waals surface area (Å²) >= 11 is 0. The predicted molar refractivity (Wildman–Crippen MR) is 136 cm³/mol. The number of carbonyl (C=O) groups is 1. The predicted octanol–water partition coefficient (Wildman–Crippen LogP) is 4.36. The lowest BCUT2D eigenvalue weighted by molar-refractivity contribution is -0.693. The van der Waals surface area contributed by atoms with Crippen LogP contribution >= 0.6 is 0 Å². The van der Waals surface area contributed by atoms with Crippen molar-refractivity contribution in [3.8, 4) is 5.75 Å². The molecule has 5 rings (SSSR count). The normalized spacial score (nSPS) is 34.8. The molecule has 9 heteroatoms. The third-order valence-corrected chi connectivity index (χ3v) is 7.51. The van der Waals surface area contributed by atoms with Gasteiger partial charge in [-0.3, -0.25) is 9.57 Å². The summed E-state index contributed by atoms with van der Waals surface area (Å²) in [5.74, 6) is 2.53. The number of hydrogen-bond acceptors (Lipinski definition) is 8. The van der Waals surface area contributed by atoms with Crippen LogP contribution in [0.5, 0.6) is 5.75 Å². The van der Waals surface area contributed by atoms with Crippen LogP contribution < -0.4 is 4.74 Å². The first-order chi connectivity index (χ1) is 17.8. The maximum Gasteiger partial charge on any atom is 0.378 e. The zero-order chi connectivity index (χ0) is 26.6. The topological polar surface area (TPSA) is 75.5 Å². The van der Waals surface area contributed by atoms with Gasteiger partial charge in [0.15, 0.2) is 26.4 Å². The number of ether oxygens (including phenoxy) is 5. The summed E-state index contributed by atoms with van der Waals surface area (Å²) < 4.78 is 26.8. The number of aryl methyl sites for hydroxylation is 2. The van der Waals surface area contributed by atoms with E-state index < -0.39 is 0 Å². The Kier molecular flexibility index (Phi) is 8.60. The molecule has 37 heavy (non-hydrogen) atoms. The average Bonchev–Trinajstić information content (AvgIpc) is 3.77. The largest absolute Gasteiger partial charge is 0.476 e. The van der Waals surface area contributed by atoms with Gasteiger partial charge in [0.2, 0.25) is 12.3 Å². The lowest BCUT2D eigenvalue weighted by Crippen LogP contribution is -2.32. The standard InChI is InChI=1S/C14H19NO4.C14H22NO3/c1-4-16-9-18-14-8-15(14)19-10-17-13-6-11(2)5-12(3)7-13;1-4-17-9-18-12-8-15(12)13(16)14(15)6-10(2)5-11(3)7-14/h4-7,14H,1,8-10H2,2-3H3;4,10-12H,1,5-9H2,2-3H3/q;+1. The summed E-state index contributed by atoms with van der Waals surface area (Å²) in [5.41, 5.74) is 2.24. The van der Waals surface area contributed by atoms with Crippen LogP contribution in [-0.2, 0) is 28.6 Å². The van der Waals surface area contributed by atoms with Crippen molar-refractivity contribution in [2.24, 2.45) is 11.8 Å². The molecule has 9 nitrogen and oxygen atoms in total. The van der Waals surface area contributed by atoms with Gasteiger partial charge in [0.05, 0.1) is 19.1 Å². The second-order valence-corrected chi connectivity index (χ2v) is 10.7. The Hall–Kier alpha value is -2.43. The number of hydrogen-bond donors (Lipinski definition) is 0. The van der Waals surface area contributed by atoms with Crippen molar-refractivity contribution in [1.82, 2.24) is 5.06 Å². The fraction of sp³-hybridized carbons (Fsp3) is 0.607. The quantitative estimate of drug-likeness (QED) is 0.133. The number of benzene rings is 1. The van der Waals surface area contributed by atoms with Crippen LogP contribution in [0.4, 0.5) is 0 Å². The molecule has 0 radical (unpaired) electrons. The molecule has 0 aromatic heterocycles. The van der Waals surface area contributed by atoms with E-state index in [1.54, 1.807) is 5.06 Å². The van der Waals surface area contributed by atoms with E-state index in [0.29, 0.717) is 22.2 Å². The molecule has 1 aromatic carbocycles. The molecule has 1 aromatic rings. The van der Waals surface area contributed by atoms with Gasteiger partial charge in [0.25, 0.3) is 6.23 Å². The van der Waals surface area contributed by atoms with Gasteiger partial charge in [0, 0.05) is 12.8 Å². The Morgan fingerprint density at radius 3 is 2.24 bits per heavy atom. The maximum absolute atomic E-state index is 12.3. The lowest BCUT2D eigenvalue weighted by Gasteiger charge is -2.27. The van der Waals surface area contributed by atoms with E-state index in [0.717, 1.165) is 31.7 Å². The van der Waals surface area contributed by atoms with Crippen molar-refractivity contribution in [1.29, 1.82) is 0 Å². The Morgan fingerprint density at radius 2 is 1.62 bits per heavy atom. The number of fused-ring (bicyclic) bond motifs is 1. The van der Waals surface area contributed by atoms with E-state index in [4.69, 9.17) is 28.5 Å². The summed E-state index contributed by atoms with van der Waals surface area (Å²) in [6.07, 6.45) is 6.03. The van der Waals surface area contributed by atoms with Crippen molar-refractivity contribution in [3.63, 3.8) is 0 Å². The summed E-state index contributed by atoms with van der Waals surface area (Å²) in [5, 5.41) is 1.69. The van der Waals surface area contributed by atoms with E-state index in [-0.39, 0.29) is 38.4 Å². The van der Waals surface area contributed by atoms with Crippen molar-refractivity contribution in [3.05, 3.63) is 55.0 Å². The molecule has 1 amide bonds. The highest BCUT2D eigenvalue weighted by Gasteiger charge is 2.93. The van der Waals surface area contributed by atoms with Gasteiger partial charge in [0.1, 0.15) is 5.75 Å². The minimum atomic E-state index is -0.101. The van der Waals surface area contributed by atoms with Crippen LogP contribution in [0, 0.1) is 25.7 Å². The number of quaternary nitrogens is 1. The van der Waals surface area contributed by atoms with Crippen molar-refractivity contribution in [2.75, 3.05) is 33.5 Å². The molecule has 3 aliphatic heterocycles. The highest BCUT2D eigenvalue weighted by Crippen LogP contribution is 2.64. The summed E-state index contributed by atoms with van der Waals surface area (Å²) in [4.78, 5) is 17.7. The first-order valence-electron chi connectivity index (χ1n) is 13.0. The fourth-order valence-corrected chi connectivity index (χ4v) is 6.01. The molecule has 204 valence electrons. The lowest BCUT2D eigenvalue weighted by atomic mass is 9.76. The van der Waals surface area contributed by atoms with Gasteiger partial charge < -0.3 is 18.9 Å². The van der Waals surface area contributed by atoms with Gasteiger partial charge in [-0.05, 0) is 55.4 Å². The summed E-state index contributed by atoms with van der Waals surface area (Å²) in [7, 11) is 0. The number of nitrogens with zero attached hydrogens (tertiary/aromatic N) is 2. The molecule has 1 saturated carbocycles. The first kappa shape index (κ1) is 27.6. The zero-order valence-electron chi connectivity index (χ0n) is 22.5. The van der Waals surface area contributed by atoms with E-state index in [2.05, 4.69) is 33.1 Å². The van der Waals surface area contributed by atoms with E-state index >= 15 is 0 Å². The second kappa shape index (κ2) is 11.5. The maximum atomic E-state index is 12.3. The molecule has 0 bridgehead atoms. The van der Waals surface area contributed by atoms with Crippen LogP contribution in [0.2, 0.25) is 0 Å². The minimum absolute atomic E-state index is 0.0370. The zero-order valence-corrected chi connectivity index (χ0v) is 22.5. The third kappa shape index (κ3) is 6.18. The Labute approximate surface area is 220 Å². The molecule has 4 aliphatic rings. The number of rotatable bonds is 12. The van der Waals surface area contributed by atoms with Gasteiger partial charge in [-0.1, -0.05) is 33.1 Å². The summed E-state index contributed by atoms with van der Waals surface area (Å²) in [6.45, 7) is 17.6. The molecule has 0 N–H and O–H groups in total. The number of amides is 1. The van der Waals surface area contributed by atoms with E-state index in [9.17, 15) is 4.79 Å². The van der Waals surface area contributed by atoms with E-state index in [1.807, 2.05) is 26.0 Å². The molecular formula is C28H41N2O7+. The van der Waals surface area contributed by atoms with Gasteiger partial charge in [-0.25, -0.2) is 9.28 Å². The molecule has 2 spiro atoms. The van der Waals surface area contributed by atoms with Crippen LogP contribution in [-0.4, -0.2) is 66.9 Å². The molecular weight excluding hydrogens is 476 g/mol. The first-order valence-corrected chi connectivity index (χ1v) is 13.0. The smallest absolute Gasteiger partial charge is 0.378 e. The Morgan fingerprint density at radius 1 is 1.00 bits per heavy atom. The van der Waals surface area contributed by atoms with Crippen LogP contribution in [0.25, 0.3) is 0 Å². The second-order valence-electron chi connectivity index (χ2n) is 10.7. The minimum Gasteiger partial charge on any atom is -0.476 e. The van der Waals surface area contributed by atoms with Crippen LogP contribution in [0.15, 0.2) is 43.9 Å². The van der Waals surface area contributed by atoms with Gasteiger partial charge in [-0.2, -0.15) is 5.06 Å². The van der Waals surface area contributed by atoms with Crippen LogP contribution in [0.1, 0.15) is 44.2 Å². The number of carbonyl (C=O) groups excluding carboxylic acids is 1. The molecule has 1 aliphatic carbocycles. The van der Waals surface area contributed by atoms with Crippen LogP contribution in [0.3, 0.4) is 0 Å². The third-order valence-electron chi connectivity index (χ3n) is 7.51. The molecule has 6 atom stereocenters. The van der Waals surface area contributed by atoms with E-state index in [1.165, 1.54) is 30.1 Å². The molecule has 3 heterocycles. The SMILES string of the molecule is C=COCOC1CN1OCOc1cc(C)cc(C)c1.C=COCOC1C[N+]12C(=O)C21CC(C)CC(C)C1. The highest BCUT2D eigenvalue weighted by atomic mass is 16.8. The van der Waals surface area contributed by atoms with Crippen molar-refractivity contribution < 1.29 is 37.8 Å².